The van der Waals surface area contributed by atoms with Gasteiger partial charge in [0.05, 0.1) is 11.3 Å². The van der Waals surface area contributed by atoms with Gasteiger partial charge in [0.25, 0.3) is 15.9 Å². The second kappa shape index (κ2) is 8.22. The number of hydrogen-bond donors (Lipinski definition) is 0. The first kappa shape index (κ1) is 21.4. The number of amides is 1. The van der Waals surface area contributed by atoms with Gasteiger partial charge in [-0.25, -0.2) is 8.42 Å². The molecule has 2 aromatic rings. The number of sulfonamides is 1. The number of likely N-dealkylation sites (tertiary alicyclic amines) is 1. The molecule has 1 saturated heterocycles. The fourth-order valence-corrected chi connectivity index (χ4v) is 5.68. The molecule has 0 saturated carbocycles. The molecule has 3 rings (SSSR count). The Kier molecular flexibility index (Phi) is 6.08. The van der Waals surface area contributed by atoms with E-state index in [0.29, 0.717) is 35.7 Å². The van der Waals surface area contributed by atoms with Gasteiger partial charge in [-0.1, -0.05) is 25.0 Å². The van der Waals surface area contributed by atoms with Gasteiger partial charge in [-0.2, -0.15) is 0 Å². The number of carbonyl (C=O) groups is 1. The minimum atomic E-state index is -3.90. The summed E-state index contributed by atoms with van der Waals surface area (Å²) in [4.78, 5) is 15.4. The maximum atomic E-state index is 13.6. The van der Waals surface area contributed by atoms with E-state index in [9.17, 15) is 13.2 Å². The van der Waals surface area contributed by atoms with Crippen molar-refractivity contribution in [1.29, 1.82) is 0 Å². The minimum Gasteiger partial charge on any atom is -0.350 e. The van der Waals surface area contributed by atoms with E-state index in [4.69, 9.17) is 0 Å². The summed E-state index contributed by atoms with van der Waals surface area (Å²) < 4.78 is 30.4. The van der Waals surface area contributed by atoms with Crippen molar-refractivity contribution in [3.8, 4) is 0 Å². The van der Waals surface area contributed by atoms with Gasteiger partial charge >= 0.3 is 0 Å². The van der Waals surface area contributed by atoms with Gasteiger partial charge in [0.15, 0.2) is 0 Å². The number of aryl methyl sites for hydroxylation is 1. The van der Waals surface area contributed by atoms with E-state index in [1.54, 1.807) is 20.0 Å². The van der Waals surface area contributed by atoms with Crippen LogP contribution in [0.1, 0.15) is 53.0 Å². The molecular formula is C22H31N3O3S. The number of carbonyl (C=O) groups excluding carboxylic acids is 1. The highest BCUT2D eigenvalue weighted by molar-refractivity contribution is 7.93. The maximum absolute atomic E-state index is 13.6. The average Bonchev–Trinajstić information content (AvgIpc) is 2.89. The van der Waals surface area contributed by atoms with Crippen molar-refractivity contribution in [2.45, 2.75) is 51.3 Å². The molecule has 1 aliphatic rings. The highest BCUT2D eigenvalue weighted by Gasteiger charge is 2.35. The molecule has 7 heteroatoms. The number of aromatic nitrogens is 1. The van der Waals surface area contributed by atoms with Crippen LogP contribution in [0.25, 0.3) is 0 Å². The molecule has 1 fully saturated rings. The van der Waals surface area contributed by atoms with Crippen molar-refractivity contribution >= 4 is 21.6 Å². The zero-order chi connectivity index (χ0) is 21.3. The highest BCUT2D eigenvalue weighted by atomic mass is 32.2. The van der Waals surface area contributed by atoms with Crippen LogP contribution in [-0.2, 0) is 17.1 Å². The molecule has 1 amide bonds. The zero-order valence-electron chi connectivity index (χ0n) is 18.0. The van der Waals surface area contributed by atoms with E-state index in [1.165, 1.54) is 4.31 Å². The van der Waals surface area contributed by atoms with Gasteiger partial charge < -0.3 is 9.47 Å². The number of rotatable bonds is 4. The lowest BCUT2D eigenvalue weighted by molar-refractivity contribution is 0.0757. The summed E-state index contributed by atoms with van der Waals surface area (Å²) in [5.74, 6) is -0.177. The molecule has 0 radical (unpaired) electrons. The lowest BCUT2D eigenvalue weighted by atomic mass is 10.2. The number of anilines is 1. The van der Waals surface area contributed by atoms with Crippen LogP contribution in [-0.4, -0.2) is 43.9 Å². The van der Waals surface area contributed by atoms with Crippen LogP contribution >= 0.6 is 0 Å². The van der Waals surface area contributed by atoms with Crippen LogP contribution in [0.5, 0.6) is 0 Å². The molecule has 0 unspecified atom stereocenters. The molecule has 2 heterocycles. The molecule has 1 aliphatic heterocycles. The quantitative estimate of drug-likeness (QED) is 0.760. The SMILES string of the molecule is Cc1cccc(N(C)S(=O)(=O)c2c(C(=O)N3CCCCCC3)c(C)n(C)c2C)c1. The molecule has 0 N–H and O–H groups in total. The summed E-state index contributed by atoms with van der Waals surface area (Å²) in [6.07, 6.45) is 4.14. The predicted octanol–water partition coefficient (Wildman–Crippen LogP) is 3.79. The molecule has 0 atom stereocenters. The van der Waals surface area contributed by atoms with E-state index >= 15 is 0 Å². The smallest absolute Gasteiger partial charge is 0.266 e. The molecule has 6 nitrogen and oxygen atoms in total. The van der Waals surface area contributed by atoms with Crippen molar-refractivity contribution in [2.24, 2.45) is 7.05 Å². The fourth-order valence-electron chi connectivity index (χ4n) is 4.02. The van der Waals surface area contributed by atoms with Crippen LogP contribution in [0, 0.1) is 20.8 Å². The van der Waals surface area contributed by atoms with Gasteiger partial charge in [-0.3, -0.25) is 9.10 Å². The van der Waals surface area contributed by atoms with Crippen LogP contribution < -0.4 is 4.31 Å². The Morgan fingerprint density at radius 3 is 2.21 bits per heavy atom. The summed E-state index contributed by atoms with van der Waals surface area (Å²) in [5, 5.41) is 0. The second-order valence-electron chi connectivity index (χ2n) is 7.95. The van der Waals surface area contributed by atoms with Crippen LogP contribution in [0.2, 0.25) is 0 Å². The van der Waals surface area contributed by atoms with E-state index in [1.807, 2.05) is 48.6 Å². The van der Waals surface area contributed by atoms with Gasteiger partial charge in [0.2, 0.25) is 0 Å². The van der Waals surface area contributed by atoms with Gasteiger partial charge in [-0.15, -0.1) is 0 Å². The molecule has 0 spiro atoms. The molecule has 0 bridgehead atoms. The molecule has 1 aromatic carbocycles. The van der Waals surface area contributed by atoms with Gasteiger partial charge in [0, 0.05) is 38.6 Å². The zero-order valence-corrected chi connectivity index (χ0v) is 18.8. The lowest BCUT2D eigenvalue weighted by Gasteiger charge is -2.24. The Bertz CT molecular complexity index is 1020. The van der Waals surface area contributed by atoms with Crippen molar-refractivity contribution < 1.29 is 13.2 Å². The Balaban J connectivity index is 2.11. The first-order chi connectivity index (χ1) is 13.7. The average molecular weight is 418 g/mol. The van der Waals surface area contributed by atoms with Crippen LogP contribution in [0.15, 0.2) is 29.2 Å². The third kappa shape index (κ3) is 3.92. The largest absolute Gasteiger partial charge is 0.350 e. The van der Waals surface area contributed by atoms with E-state index in [0.717, 1.165) is 31.2 Å². The first-order valence-electron chi connectivity index (χ1n) is 10.2. The summed E-state index contributed by atoms with van der Waals surface area (Å²) in [5.41, 5.74) is 3.14. The number of benzene rings is 1. The Hall–Kier alpha value is -2.28. The standard InChI is InChI=1S/C22H31N3O3S/c1-16-11-10-12-19(15-16)24(5)29(27,28)21-18(3)23(4)17(2)20(21)22(26)25-13-8-6-7-9-14-25/h10-12,15H,6-9,13-14H2,1-5H3. The molecule has 0 aliphatic carbocycles. The van der Waals surface area contributed by atoms with E-state index < -0.39 is 10.0 Å². The molecule has 29 heavy (non-hydrogen) atoms. The van der Waals surface area contributed by atoms with E-state index in [2.05, 4.69) is 0 Å². The molecule has 158 valence electrons. The Labute approximate surface area is 174 Å². The Morgan fingerprint density at radius 1 is 1.00 bits per heavy atom. The second-order valence-corrected chi connectivity index (χ2v) is 9.86. The van der Waals surface area contributed by atoms with Gasteiger partial charge in [0.1, 0.15) is 4.90 Å². The summed E-state index contributed by atoms with van der Waals surface area (Å²) >= 11 is 0. The van der Waals surface area contributed by atoms with Gasteiger partial charge in [-0.05, 0) is 51.3 Å². The maximum Gasteiger partial charge on any atom is 0.266 e. The van der Waals surface area contributed by atoms with Crippen molar-refractivity contribution in [2.75, 3.05) is 24.4 Å². The number of hydrogen-bond acceptors (Lipinski definition) is 3. The Morgan fingerprint density at radius 2 is 1.62 bits per heavy atom. The molecular weight excluding hydrogens is 386 g/mol. The third-order valence-electron chi connectivity index (χ3n) is 6.01. The van der Waals surface area contributed by atoms with Crippen molar-refractivity contribution in [3.63, 3.8) is 0 Å². The van der Waals surface area contributed by atoms with Crippen molar-refractivity contribution in [3.05, 3.63) is 46.8 Å². The predicted molar refractivity (Wildman–Crippen MR) is 116 cm³/mol. The normalized spacial score (nSPS) is 15.3. The third-order valence-corrected chi connectivity index (χ3v) is 7.96. The lowest BCUT2D eigenvalue weighted by Crippen LogP contribution is -2.34. The fraction of sp³-hybridized carbons (Fsp3) is 0.500. The summed E-state index contributed by atoms with van der Waals surface area (Å²) in [6.45, 7) is 6.88. The van der Waals surface area contributed by atoms with E-state index in [-0.39, 0.29) is 10.8 Å². The summed E-state index contributed by atoms with van der Waals surface area (Å²) in [7, 11) is -0.537. The number of nitrogens with zero attached hydrogens (tertiary/aromatic N) is 3. The van der Waals surface area contributed by atoms with Crippen LogP contribution in [0.4, 0.5) is 5.69 Å². The highest BCUT2D eigenvalue weighted by Crippen LogP contribution is 2.32. The minimum absolute atomic E-state index is 0.121. The topological polar surface area (TPSA) is 62.6 Å². The van der Waals surface area contributed by atoms with Crippen LogP contribution in [0.3, 0.4) is 0 Å². The summed E-state index contributed by atoms with van der Waals surface area (Å²) in [6, 6.07) is 7.37. The van der Waals surface area contributed by atoms with Crippen molar-refractivity contribution in [1.82, 2.24) is 9.47 Å². The molecule has 1 aromatic heterocycles. The first-order valence-corrected chi connectivity index (χ1v) is 11.6. The monoisotopic (exact) mass is 417 g/mol.